The Hall–Kier alpha value is -2.89. The zero-order valence-corrected chi connectivity index (χ0v) is 9.82. The number of anilines is 1. The van der Waals surface area contributed by atoms with Crippen molar-refractivity contribution < 1.29 is 4.42 Å². The van der Waals surface area contributed by atoms with E-state index in [2.05, 4.69) is 15.1 Å². The van der Waals surface area contributed by atoms with Crippen molar-refractivity contribution in [3.63, 3.8) is 0 Å². The minimum Gasteiger partial charge on any atom is -0.424 e. The summed E-state index contributed by atoms with van der Waals surface area (Å²) in [5.41, 5.74) is 9.54. The summed E-state index contributed by atoms with van der Waals surface area (Å²) < 4.78 is 6.98. The highest BCUT2D eigenvalue weighted by molar-refractivity contribution is 5.80. The van der Waals surface area contributed by atoms with E-state index in [1.807, 2.05) is 36.5 Å². The Morgan fingerprint density at radius 2 is 2.11 bits per heavy atom. The first kappa shape index (κ1) is 10.1. The van der Waals surface area contributed by atoms with Gasteiger partial charge in [0.2, 0.25) is 0 Å². The lowest BCUT2D eigenvalue weighted by atomic mass is 10.1. The molecule has 0 fully saturated rings. The fourth-order valence-corrected chi connectivity index (χ4v) is 2.07. The number of hydrogen-bond donors (Lipinski definition) is 1. The number of aromatic nitrogens is 4. The molecule has 2 N–H and O–H groups in total. The molecule has 92 valence electrons. The number of nitrogens with two attached hydrogens (primary N) is 1. The van der Waals surface area contributed by atoms with Gasteiger partial charge in [-0.25, -0.2) is 9.50 Å². The molecule has 0 amide bonds. The summed E-state index contributed by atoms with van der Waals surface area (Å²) in [7, 11) is 0. The van der Waals surface area contributed by atoms with Crippen LogP contribution < -0.4 is 5.73 Å². The molecule has 0 bridgehead atoms. The molecule has 0 saturated carbocycles. The van der Waals surface area contributed by atoms with Gasteiger partial charge >= 0.3 is 0 Å². The van der Waals surface area contributed by atoms with Crippen LogP contribution in [0.2, 0.25) is 0 Å². The van der Waals surface area contributed by atoms with Gasteiger partial charge in [-0.05, 0) is 30.3 Å². The molecule has 6 nitrogen and oxygen atoms in total. The van der Waals surface area contributed by atoms with Gasteiger partial charge in [-0.3, -0.25) is 0 Å². The summed E-state index contributed by atoms with van der Waals surface area (Å²) in [6, 6.07) is 9.69. The summed E-state index contributed by atoms with van der Waals surface area (Å²) in [6.07, 6.45) is 3.53. The number of oxazole rings is 1. The maximum Gasteiger partial charge on any atom is 0.292 e. The molecular formula is C13H9N5O. The lowest BCUT2D eigenvalue weighted by molar-refractivity contribution is 0.626. The molecule has 0 aliphatic carbocycles. The minimum atomic E-state index is 0.171. The average Bonchev–Trinajstić information content (AvgIpc) is 3.01. The highest BCUT2D eigenvalue weighted by atomic mass is 16.4. The van der Waals surface area contributed by atoms with E-state index in [9.17, 15) is 0 Å². The molecule has 0 aliphatic rings. The summed E-state index contributed by atoms with van der Waals surface area (Å²) in [5, 5.41) is 4.48. The standard InChI is InChI=1S/C13H9N5O/c14-13-16-10-7-8(1-3-11(10)19-13)9-2-4-12-15-5-6-18(12)17-9/h1-7H,(H2,14,16). The smallest absolute Gasteiger partial charge is 0.292 e. The zero-order valence-electron chi connectivity index (χ0n) is 9.82. The van der Waals surface area contributed by atoms with Crippen molar-refractivity contribution in [2.75, 3.05) is 5.73 Å². The molecule has 0 radical (unpaired) electrons. The molecule has 4 rings (SSSR count). The van der Waals surface area contributed by atoms with Crippen molar-refractivity contribution in [3.05, 3.63) is 42.7 Å². The Bertz CT molecular complexity index is 892. The molecule has 0 unspecified atom stereocenters. The first-order chi connectivity index (χ1) is 9.29. The summed E-state index contributed by atoms with van der Waals surface area (Å²) in [5.74, 6) is 0. The van der Waals surface area contributed by atoms with Crippen LogP contribution in [0.25, 0.3) is 28.0 Å². The number of nitrogen functional groups attached to an aromatic ring is 1. The van der Waals surface area contributed by atoms with Gasteiger partial charge in [0.1, 0.15) is 5.52 Å². The van der Waals surface area contributed by atoms with Gasteiger partial charge in [0.15, 0.2) is 11.2 Å². The third-order valence-electron chi connectivity index (χ3n) is 2.96. The van der Waals surface area contributed by atoms with E-state index in [4.69, 9.17) is 10.2 Å². The average molecular weight is 251 g/mol. The van der Waals surface area contributed by atoms with Gasteiger partial charge in [-0.2, -0.15) is 10.1 Å². The van der Waals surface area contributed by atoms with E-state index in [0.29, 0.717) is 5.58 Å². The van der Waals surface area contributed by atoms with Crippen LogP contribution in [0.3, 0.4) is 0 Å². The molecule has 0 spiro atoms. The molecule has 0 saturated heterocycles. The van der Waals surface area contributed by atoms with E-state index in [-0.39, 0.29) is 6.01 Å². The van der Waals surface area contributed by atoms with Crippen LogP contribution in [0.15, 0.2) is 47.1 Å². The second kappa shape index (κ2) is 3.55. The molecule has 0 aliphatic heterocycles. The van der Waals surface area contributed by atoms with Gasteiger partial charge in [0, 0.05) is 18.0 Å². The van der Waals surface area contributed by atoms with Crippen LogP contribution in [-0.2, 0) is 0 Å². The first-order valence-electron chi connectivity index (χ1n) is 5.76. The molecule has 3 heterocycles. The van der Waals surface area contributed by atoms with E-state index in [0.717, 1.165) is 22.4 Å². The fourth-order valence-electron chi connectivity index (χ4n) is 2.07. The Kier molecular flexibility index (Phi) is 1.88. The number of benzene rings is 1. The molecule has 6 heteroatoms. The van der Waals surface area contributed by atoms with Gasteiger partial charge in [-0.15, -0.1) is 0 Å². The number of nitrogens with zero attached hydrogens (tertiary/aromatic N) is 4. The van der Waals surface area contributed by atoms with Crippen LogP contribution in [0.5, 0.6) is 0 Å². The largest absolute Gasteiger partial charge is 0.424 e. The maximum atomic E-state index is 5.53. The lowest BCUT2D eigenvalue weighted by Gasteiger charge is -2.01. The maximum absolute atomic E-state index is 5.53. The predicted octanol–water partition coefficient (Wildman–Crippen LogP) is 2.12. The minimum absolute atomic E-state index is 0.171. The van der Waals surface area contributed by atoms with Crippen molar-refractivity contribution in [1.29, 1.82) is 0 Å². The number of rotatable bonds is 1. The molecule has 0 atom stereocenters. The Labute approximate surface area is 107 Å². The van der Waals surface area contributed by atoms with Crippen LogP contribution >= 0.6 is 0 Å². The monoisotopic (exact) mass is 251 g/mol. The van der Waals surface area contributed by atoms with Crippen LogP contribution in [0, 0.1) is 0 Å². The molecule has 1 aromatic carbocycles. The van der Waals surface area contributed by atoms with Crippen molar-refractivity contribution in [3.8, 4) is 11.3 Å². The fraction of sp³-hybridized carbons (Fsp3) is 0. The predicted molar refractivity (Wildman–Crippen MR) is 70.4 cm³/mol. The quantitative estimate of drug-likeness (QED) is 0.560. The van der Waals surface area contributed by atoms with Gasteiger partial charge in [0.05, 0.1) is 5.69 Å². The summed E-state index contributed by atoms with van der Waals surface area (Å²) in [4.78, 5) is 8.28. The van der Waals surface area contributed by atoms with E-state index >= 15 is 0 Å². The van der Waals surface area contributed by atoms with Crippen LogP contribution in [-0.4, -0.2) is 19.6 Å². The third-order valence-corrected chi connectivity index (χ3v) is 2.96. The van der Waals surface area contributed by atoms with Crippen molar-refractivity contribution in [1.82, 2.24) is 19.6 Å². The number of imidazole rings is 1. The zero-order chi connectivity index (χ0) is 12.8. The van der Waals surface area contributed by atoms with Gasteiger partial charge < -0.3 is 10.2 Å². The van der Waals surface area contributed by atoms with E-state index in [1.165, 1.54) is 0 Å². The normalized spacial score (nSPS) is 11.4. The van der Waals surface area contributed by atoms with Crippen LogP contribution in [0.1, 0.15) is 0 Å². The van der Waals surface area contributed by atoms with Crippen LogP contribution in [0.4, 0.5) is 6.01 Å². The van der Waals surface area contributed by atoms with Gasteiger partial charge in [0.25, 0.3) is 6.01 Å². The highest BCUT2D eigenvalue weighted by Crippen LogP contribution is 2.24. The second-order valence-corrected chi connectivity index (χ2v) is 4.18. The van der Waals surface area contributed by atoms with E-state index < -0.39 is 0 Å². The topological polar surface area (TPSA) is 82.2 Å². The molecular weight excluding hydrogens is 242 g/mol. The third kappa shape index (κ3) is 1.54. The van der Waals surface area contributed by atoms with E-state index in [1.54, 1.807) is 10.7 Å². The number of hydrogen-bond acceptors (Lipinski definition) is 5. The second-order valence-electron chi connectivity index (χ2n) is 4.18. The van der Waals surface area contributed by atoms with Gasteiger partial charge in [-0.1, -0.05) is 0 Å². The Balaban J connectivity index is 1.91. The highest BCUT2D eigenvalue weighted by Gasteiger charge is 2.07. The molecule has 19 heavy (non-hydrogen) atoms. The Morgan fingerprint density at radius 1 is 1.16 bits per heavy atom. The first-order valence-corrected chi connectivity index (χ1v) is 5.76. The number of fused-ring (bicyclic) bond motifs is 2. The summed E-state index contributed by atoms with van der Waals surface area (Å²) >= 11 is 0. The summed E-state index contributed by atoms with van der Waals surface area (Å²) in [6.45, 7) is 0. The van der Waals surface area contributed by atoms with Crippen molar-refractivity contribution >= 4 is 22.8 Å². The molecule has 3 aromatic heterocycles. The van der Waals surface area contributed by atoms with Crippen molar-refractivity contribution in [2.24, 2.45) is 0 Å². The SMILES string of the molecule is Nc1nc2cc(-c3ccc4nccn4n3)ccc2o1. The molecule has 4 aromatic rings. The Morgan fingerprint density at radius 3 is 3.05 bits per heavy atom. The lowest BCUT2D eigenvalue weighted by Crippen LogP contribution is -1.92. The van der Waals surface area contributed by atoms with Crippen molar-refractivity contribution in [2.45, 2.75) is 0 Å².